The van der Waals surface area contributed by atoms with Crippen LogP contribution in [0.1, 0.15) is 39.2 Å². The van der Waals surface area contributed by atoms with Crippen LogP contribution in [-0.4, -0.2) is 18.4 Å². The van der Waals surface area contributed by atoms with Crippen LogP contribution in [0.15, 0.2) is 24.3 Å². The Morgan fingerprint density at radius 2 is 1.95 bits per heavy atom. The van der Waals surface area contributed by atoms with E-state index in [-0.39, 0.29) is 0 Å². The highest BCUT2D eigenvalue weighted by Crippen LogP contribution is 2.36. The molecule has 1 heterocycles. The second-order valence-electron chi connectivity index (χ2n) is 6.16. The lowest BCUT2D eigenvalue weighted by Crippen LogP contribution is -2.43. The molecule has 1 aromatic rings. The molecular weight excluding hydrogens is 298 g/mol. The number of fused-ring (bicyclic) bond motifs is 1. The molecule has 1 aromatic carbocycles. The van der Waals surface area contributed by atoms with Gasteiger partial charge in [-0.05, 0) is 42.2 Å². The summed E-state index contributed by atoms with van der Waals surface area (Å²) >= 11 is 3.75. The Balaban J connectivity index is 2.25. The number of alkyl halides is 1. The minimum absolute atomic E-state index is 0.407. The van der Waals surface area contributed by atoms with Crippen LogP contribution in [0.5, 0.6) is 0 Å². The first kappa shape index (κ1) is 14.9. The van der Waals surface area contributed by atoms with E-state index in [9.17, 15) is 0 Å². The molecule has 0 bridgehead atoms. The van der Waals surface area contributed by atoms with Gasteiger partial charge in [-0.3, -0.25) is 0 Å². The van der Waals surface area contributed by atoms with Crippen LogP contribution in [0.3, 0.4) is 0 Å². The molecule has 0 saturated carbocycles. The molecule has 1 unspecified atom stereocenters. The van der Waals surface area contributed by atoms with Crippen molar-refractivity contribution in [3.63, 3.8) is 0 Å². The first-order valence-electron chi connectivity index (χ1n) is 7.53. The van der Waals surface area contributed by atoms with Crippen molar-refractivity contribution < 1.29 is 0 Å². The van der Waals surface area contributed by atoms with E-state index in [0.717, 1.165) is 11.2 Å². The summed E-state index contributed by atoms with van der Waals surface area (Å²) in [6, 6.07) is 8.94. The molecule has 1 atom stereocenters. The SMILES string of the molecule is CCC(CC)(CBr)CN1CC(C)Cc2ccccc21. The summed E-state index contributed by atoms with van der Waals surface area (Å²) < 4.78 is 0. The minimum atomic E-state index is 0.407. The van der Waals surface area contributed by atoms with Gasteiger partial charge in [-0.2, -0.15) is 0 Å². The van der Waals surface area contributed by atoms with Gasteiger partial charge >= 0.3 is 0 Å². The second kappa shape index (κ2) is 6.30. The second-order valence-corrected chi connectivity index (χ2v) is 6.72. The van der Waals surface area contributed by atoms with Gasteiger partial charge in [0.25, 0.3) is 0 Å². The molecule has 0 spiro atoms. The molecular formula is C17H26BrN. The van der Waals surface area contributed by atoms with Crippen molar-refractivity contribution in [1.29, 1.82) is 0 Å². The summed E-state index contributed by atoms with van der Waals surface area (Å²) in [6.45, 7) is 9.39. The molecule has 106 valence electrons. The monoisotopic (exact) mass is 323 g/mol. The van der Waals surface area contributed by atoms with Crippen LogP contribution in [0, 0.1) is 11.3 Å². The third-order valence-corrected chi connectivity index (χ3v) is 5.93. The number of anilines is 1. The fraction of sp³-hybridized carbons (Fsp3) is 0.647. The van der Waals surface area contributed by atoms with Crippen LogP contribution in [-0.2, 0) is 6.42 Å². The van der Waals surface area contributed by atoms with E-state index in [0.29, 0.717) is 5.41 Å². The number of halogens is 1. The molecule has 0 amide bonds. The van der Waals surface area contributed by atoms with Crippen LogP contribution in [0.4, 0.5) is 5.69 Å². The highest BCUT2D eigenvalue weighted by atomic mass is 79.9. The zero-order chi connectivity index (χ0) is 13.9. The summed E-state index contributed by atoms with van der Waals surface area (Å²) in [6.07, 6.45) is 3.70. The predicted molar refractivity (Wildman–Crippen MR) is 88.3 cm³/mol. The smallest absolute Gasteiger partial charge is 0.0399 e. The summed E-state index contributed by atoms with van der Waals surface area (Å²) in [5.41, 5.74) is 3.40. The quantitative estimate of drug-likeness (QED) is 0.697. The van der Waals surface area contributed by atoms with Gasteiger partial charge in [0, 0.05) is 24.1 Å². The Labute approximate surface area is 126 Å². The average molecular weight is 324 g/mol. The van der Waals surface area contributed by atoms with Gasteiger partial charge in [0.2, 0.25) is 0 Å². The summed E-state index contributed by atoms with van der Waals surface area (Å²) in [5.74, 6) is 0.761. The normalized spacial score (nSPS) is 19.4. The van der Waals surface area contributed by atoms with Gasteiger partial charge in [0.15, 0.2) is 0 Å². The first-order chi connectivity index (χ1) is 9.14. The molecule has 1 aliphatic rings. The van der Waals surface area contributed by atoms with Crippen LogP contribution < -0.4 is 4.90 Å². The lowest BCUT2D eigenvalue weighted by molar-refractivity contribution is 0.303. The molecule has 2 rings (SSSR count). The predicted octanol–water partition coefficient (Wildman–Crippen LogP) is 4.89. The van der Waals surface area contributed by atoms with E-state index < -0.39 is 0 Å². The first-order valence-corrected chi connectivity index (χ1v) is 8.65. The number of rotatable bonds is 5. The van der Waals surface area contributed by atoms with E-state index in [1.54, 1.807) is 0 Å². The molecule has 1 aliphatic heterocycles. The van der Waals surface area contributed by atoms with Gasteiger partial charge in [0.05, 0.1) is 0 Å². The fourth-order valence-electron chi connectivity index (χ4n) is 3.17. The number of hydrogen-bond donors (Lipinski definition) is 0. The highest BCUT2D eigenvalue weighted by Gasteiger charge is 2.31. The third-order valence-electron chi connectivity index (χ3n) is 4.74. The molecule has 0 saturated heterocycles. The van der Waals surface area contributed by atoms with Crippen molar-refractivity contribution in [3.05, 3.63) is 29.8 Å². The molecule has 0 fully saturated rings. The maximum atomic E-state index is 3.75. The maximum absolute atomic E-state index is 3.75. The van der Waals surface area contributed by atoms with E-state index in [1.807, 2.05) is 0 Å². The average Bonchev–Trinajstić information content (AvgIpc) is 2.44. The standard InChI is InChI=1S/C17H26BrN/c1-4-17(5-2,12-18)13-19-11-14(3)10-15-8-6-7-9-16(15)19/h6-9,14H,4-5,10-13H2,1-3H3. The third kappa shape index (κ3) is 3.16. The largest absolute Gasteiger partial charge is 0.370 e. The molecule has 0 aliphatic carbocycles. The Hall–Kier alpha value is -0.500. The number of hydrogen-bond acceptors (Lipinski definition) is 1. The van der Waals surface area contributed by atoms with Crippen molar-refractivity contribution in [3.8, 4) is 0 Å². The lowest BCUT2D eigenvalue weighted by atomic mass is 9.82. The van der Waals surface area contributed by atoms with E-state index in [1.165, 1.54) is 43.6 Å². The van der Waals surface area contributed by atoms with Crippen molar-refractivity contribution in [2.45, 2.75) is 40.0 Å². The summed E-state index contributed by atoms with van der Waals surface area (Å²) in [5, 5.41) is 1.10. The zero-order valence-corrected chi connectivity index (χ0v) is 14.0. The molecule has 2 heteroatoms. The maximum Gasteiger partial charge on any atom is 0.0399 e. The van der Waals surface area contributed by atoms with Crippen molar-refractivity contribution in [2.24, 2.45) is 11.3 Å². The summed E-state index contributed by atoms with van der Waals surface area (Å²) in [7, 11) is 0. The Morgan fingerprint density at radius 3 is 2.58 bits per heavy atom. The molecule has 19 heavy (non-hydrogen) atoms. The Bertz CT molecular complexity index is 403. The van der Waals surface area contributed by atoms with Crippen molar-refractivity contribution in [1.82, 2.24) is 0 Å². The highest BCUT2D eigenvalue weighted by molar-refractivity contribution is 9.09. The van der Waals surface area contributed by atoms with E-state index in [4.69, 9.17) is 0 Å². The van der Waals surface area contributed by atoms with Gasteiger partial charge in [-0.1, -0.05) is 54.9 Å². The van der Waals surface area contributed by atoms with Crippen LogP contribution >= 0.6 is 15.9 Å². The van der Waals surface area contributed by atoms with Crippen molar-refractivity contribution >= 4 is 21.6 Å². The van der Waals surface area contributed by atoms with Gasteiger partial charge < -0.3 is 4.90 Å². The molecule has 0 N–H and O–H groups in total. The van der Waals surface area contributed by atoms with Gasteiger partial charge in [-0.15, -0.1) is 0 Å². The van der Waals surface area contributed by atoms with E-state index >= 15 is 0 Å². The van der Waals surface area contributed by atoms with Gasteiger partial charge in [0.1, 0.15) is 0 Å². The number of benzene rings is 1. The van der Waals surface area contributed by atoms with Crippen LogP contribution in [0.2, 0.25) is 0 Å². The minimum Gasteiger partial charge on any atom is -0.370 e. The Morgan fingerprint density at radius 1 is 1.26 bits per heavy atom. The number of nitrogens with zero attached hydrogens (tertiary/aromatic N) is 1. The fourth-order valence-corrected chi connectivity index (χ4v) is 4.14. The summed E-state index contributed by atoms with van der Waals surface area (Å²) in [4.78, 5) is 2.62. The molecule has 0 radical (unpaired) electrons. The Kier molecular flexibility index (Phi) is 4.94. The zero-order valence-electron chi connectivity index (χ0n) is 12.5. The van der Waals surface area contributed by atoms with E-state index in [2.05, 4.69) is 65.9 Å². The lowest BCUT2D eigenvalue weighted by Gasteiger charge is -2.41. The van der Waals surface area contributed by atoms with Crippen molar-refractivity contribution in [2.75, 3.05) is 23.3 Å². The molecule has 1 nitrogen and oxygen atoms in total. The van der Waals surface area contributed by atoms with Crippen LogP contribution in [0.25, 0.3) is 0 Å². The number of para-hydroxylation sites is 1. The topological polar surface area (TPSA) is 3.24 Å². The van der Waals surface area contributed by atoms with Gasteiger partial charge in [-0.25, -0.2) is 0 Å². The molecule has 0 aromatic heterocycles.